The van der Waals surface area contributed by atoms with Crippen molar-refractivity contribution in [1.82, 2.24) is 4.90 Å². The van der Waals surface area contributed by atoms with E-state index >= 15 is 0 Å². The van der Waals surface area contributed by atoms with E-state index in [1.54, 1.807) is 0 Å². The van der Waals surface area contributed by atoms with Crippen LogP contribution in [-0.2, 0) is 4.79 Å². The molecule has 2 aliphatic heterocycles. The summed E-state index contributed by atoms with van der Waals surface area (Å²) in [5, 5.41) is 0. The molecule has 13 heavy (non-hydrogen) atoms. The first-order chi connectivity index (χ1) is 6.38. The lowest BCUT2D eigenvalue weighted by Crippen LogP contribution is -2.30. The van der Waals surface area contributed by atoms with Gasteiger partial charge in [0.1, 0.15) is 0 Å². The molecule has 0 radical (unpaired) electrons. The third-order valence-electron chi connectivity index (χ3n) is 2.23. The van der Waals surface area contributed by atoms with Gasteiger partial charge in [0.25, 0.3) is 5.91 Å². The van der Waals surface area contributed by atoms with Gasteiger partial charge in [0.2, 0.25) is 0 Å². The van der Waals surface area contributed by atoms with E-state index in [1.165, 1.54) is 5.75 Å². The Labute approximate surface area is 87.1 Å². The van der Waals surface area contributed by atoms with Crippen molar-refractivity contribution in [2.24, 2.45) is 0 Å². The summed E-state index contributed by atoms with van der Waals surface area (Å²) in [5.74, 6) is 4.36. The zero-order valence-corrected chi connectivity index (χ0v) is 9.12. The largest absolute Gasteiger partial charge is 0.329 e. The van der Waals surface area contributed by atoms with E-state index in [9.17, 15) is 4.79 Å². The first-order valence-corrected chi connectivity index (χ1v) is 6.82. The SMILES string of the molecule is O=C(C1=CCCSC1)N1CCSC1. The van der Waals surface area contributed by atoms with Crippen LogP contribution in [0.3, 0.4) is 0 Å². The van der Waals surface area contributed by atoms with Gasteiger partial charge in [-0.3, -0.25) is 4.79 Å². The molecule has 0 aliphatic carbocycles. The summed E-state index contributed by atoms with van der Waals surface area (Å²) >= 11 is 3.71. The van der Waals surface area contributed by atoms with E-state index in [1.807, 2.05) is 28.4 Å². The highest BCUT2D eigenvalue weighted by Crippen LogP contribution is 2.21. The van der Waals surface area contributed by atoms with Gasteiger partial charge < -0.3 is 4.90 Å². The van der Waals surface area contributed by atoms with Crippen LogP contribution in [0.4, 0.5) is 0 Å². The molecule has 2 heterocycles. The normalized spacial score (nSPS) is 23.1. The van der Waals surface area contributed by atoms with Crippen molar-refractivity contribution in [1.29, 1.82) is 0 Å². The van der Waals surface area contributed by atoms with Crippen LogP contribution in [0.5, 0.6) is 0 Å². The maximum atomic E-state index is 11.8. The highest BCUT2D eigenvalue weighted by molar-refractivity contribution is 7.99. The lowest BCUT2D eigenvalue weighted by atomic mass is 10.2. The number of rotatable bonds is 1. The van der Waals surface area contributed by atoms with Crippen molar-refractivity contribution >= 4 is 29.4 Å². The Kier molecular flexibility index (Phi) is 3.22. The quantitative estimate of drug-likeness (QED) is 0.662. The number of carbonyl (C=O) groups is 1. The van der Waals surface area contributed by atoms with Crippen LogP contribution in [0.15, 0.2) is 11.6 Å². The van der Waals surface area contributed by atoms with Crippen molar-refractivity contribution in [2.75, 3.05) is 29.7 Å². The van der Waals surface area contributed by atoms with E-state index in [-0.39, 0.29) is 5.91 Å². The molecule has 4 heteroatoms. The van der Waals surface area contributed by atoms with Crippen LogP contribution in [0, 0.1) is 0 Å². The van der Waals surface area contributed by atoms with Crippen molar-refractivity contribution in [3.05, 3.63) is 11.6 Å². The van der Waals surface area contributed by atoms with Gasteiger partial charge >= 0.3 is 0 Å². The number of amides is 1. The van der Waals surface area contributed by atoms with Gasteiger partial charge in [-0.25, -0.2) is 0 Å². The van der Waals surface area contributed by atoms with Crippen LogP contribution >= 0.6 is 23.5 Å². The second-order valence-electron chi connectivity index (χ2n) is 3.18. The lowest BCUT2D eigenvalue weighted by molar-refractivity contribution is -0.125. The number of thioether (sulfide) groups is 2. The fourth-order valence-corrected chi connectivity index (χ4v) is 3.32. The fourth-order valence-electron chi connectivity index (χ4n) is 1.48. The van der Waals surface area contributed by atoms with Crippen LogP contribution in [0.2, 0.25) is 0 Å². The number of carbonyl (C=O) groups excluding carboxylic acids is 1. The Balaban J connectivity index is 1.98. The van der Waals surface area contributed by atoms with E-state index in [0.29, 0.717) is 0 Å². The molecular weight excluding hydrogens is 202 g/mol. The third-order valence-corrected chi connectivity index (χ3v) is 4.23. The summed E-state index contributed by atoms with van der Waals surface area (Å²) in [5.41, 5.74) is 1.03. The smallest absolute Gasteiger partial charge is 0.251 e. The van der Waals surface area contributed by atoms with Gasteiger partial charge in [-0.15, -0.1) is 11.8 Å². The summed E-state index contributed by atoms with van der Waals surface area (Å²) in [4.78, 5) is 13.8. The Morgan fingerprint density at radius 3 is 2.92 bits per heavy atom. The van der Waals surface area contributed by atoms with Gasteiger partial charge in [-0.05, 0) is 12.2 Å². The molecule has 1 fully saturated rings. The molecule has 0 atom stereocenters. The van der Waals surface area contributed by atoms with Crippen molar-refractivity contribution in [3.8, 4) is 0 Å². The molecule has 72 valence electrons. The second-order valence-corrected chi connectivity index (χ2v) is 5.36. The molecule has 1 amide bonds. The molecule has 0 aromatic rings. The summed E-state index contributed by atoms with van der Waals surface area (Å²) in [6.45, 7) is 0.936. The van der Waals surface area contributed by atoms with Gasteiger partial charge in [0, 0.05) is 23.6 Å². The van der Waals surface area contributed by atoms with E-state index < -0.39 is 0 Å². The maximum Gasteiger partial charge on any atom is 0.251 e. The molecule has 0 spiro atoms. The highest BCUT2D eigenvalue weighted by Gasteiger charge is 2.22. The Morgan fingerprint density at radius 2 is 2.31 bits per heavy atom. The zero-order valence-electron chi connectivity index (χ0n) is 7.49. The average Bonchev–Trinajstić information content (AvgIpc) is 2.71. The second kappa shape index (κ2) is 4.42. The monoisotopic (exact) mass is 215 g/mol. The first-order valence-electron chi connectivity index (χ1n) is 4.52. The van der Waals surface area contributed by atoms with Crippen molar-refractivity contribution < 1.29 is 4.79 Å². The predicted molar refractivity (Wildman–Crippen MR) is 59.1 cm³/mol. The molecular formula is C9H13NOS2. The van der Waals surface area contributed by atoms with E-state index in [0.717, 1.165) is 35.9 Å². The minimum atomic E-state index is 0.275. The first kappa shape index (κ1) is 9.46. The van der Waals surface area contributed by atoms with Gasteiger partial charge in [0.05, 0.1) is 5.88 Å². The number of nitrogens with zero attached hydrogens (tertiary/aromatic N) is 1. The number of hydrogen-bond donors (Lipinski definition) is 0. The van der Waals surface area contributed by atoms with Crippen LogP contribution < -0.4 is 0 Å². The van der Waals surface area contributed by atoms with Crippen molar-refractivity contribution in [2.45, 2.75) is 6.42 Å². The molecule has 0 unspecified atom stereocenters. The number of hydrogen-bond acceptors (Lipinski definition) is 3. The molecule has 0 aromatic heterocycles. The molecule has 2 aliphatic rings. The minimum Gasteiger partial charge on any atom is -0.329 e. The molecule has 0 saturated carbocycles. The standard InChI is InChI=1S/C9H13NOS2/c11-9(10-3-5-13-7-10)8-2-1-4-12-6-8/h2H,1,3-7H2. The molecule has 1 saturated heterocycles. The molecule has 2 nitrogen and oxygen atoms in total. The fraction of sp³-hybridized carbons (Fsp3) is 0.667. The Morgan fingerprint density at radius 1 is 1.38 bits per heavy atom. The van der Waals surface area contributed by atoms with Gasteiger partial charge in [0.15, 0.2) is 0 Å². The van der Waals surface area contributed by atoms with E-state index in [2.05, 4.69) is 6.08 Å². The Hall–Kier alpha value is -0.0900. The number of allylic oxidation sites excluding steroid dienone is 1. The van der Waals surface area contributed by atoms with Gasteiger partial charge in [-0.1, -0.05) is 6.08 Å². The van der Waals surface area contributed by atoms with Crippen LogP contribution in [0.25, 0.3) is 0 Å². The average molecular weight is 215 g/mol. The summed E-state index contributed by atoms with van der Waals surface area (Å²) < 4.78 is 0. The predicted octanol–water partition coefficient (Wildman–Crippen LogP) is 1.58. The summed E-state index contributed by atoms with van der Waals surface area (Å²) in [6, 6.07) is 0. The zero-order chi connectivity index (χ0) is 9.10. The summed E-state index contributed by atoms with van der Waals surface area (Å²) in [6.07, 6.45) is 3.18. The van der Waals surface area contributed by atoms with E-state index in [4.69, 9.17) is 0 Å². The molecule has 0 bridgehead atoms. The Bertz CT molecular complexity index is 234. The minimum absolute atomic E-state index is 0.275. The van der Waals surface area contributed by atoms with Gasteiger partial charge in [-0.2, -0.15) is 11.8 Å². The lowest BCUT2D eigenvalue weighted by Gasteiger charge is -2.18. The molecule has 0 aromatic carbocycles. The maximum absolute atomic E-state index is 11.8. The summed E-state index contributed by atoms with van der Waals surface area (Å²) in [7, 11) is 0. The third kappa shape index (κ3) is 2.23. The van der Waals surface area contributed by atoms with Crippen molar-refractivity contribution in [3.63, 3.8) is 0 Å². The highest BCUT2D eigenvalue weighted by atomic mass is 32.2. The topological polar surface area (TPSA) is 20.3 Å². The van der Waals surface area contributed by atoms with Crippen LogP contribution in [0.1, 0.15) is 6.42 Å². The molecule has 2 rings (SSSR count). The molecule has 0 N–H and O–H groups in total. The van der Waals surface area contributed by atoms with Crippen LogP contribution in [-0.4, -0.2) is 40.5 Å².